The molecule has 0 atom stereocenters. The maximum absolute atomic E-state index is 13.0. The van der Waals surface area contributed by atoms with Gasteiger partial charge in [0.1, 0.15) is 0 Å². The summed E-state index contributed by atoms with van der Waals surface area (Å²) in [6.07, 6.45) is 0.932. The highest BCUT2D eigenvalue weighted by molar-refractivity contribution is 5.94. The minimum atomic E-state index is -1.00. The van der Waals surface area contributed by atoms with E-state index in [1.165, 1.54) is 6.07 Å². The van der Waals surface area contributed by atoms with Gasteiger partial charge in [0.2, 0.25) is 5.91 Å². The van der Waals surface area contributed by atoms with Gasteiger partial charge in [0.05, 0.1) is 6.54 Å². The van der Waals surface area contributed by atoms with Crippen molar-refractivity contribution in [3.63, 3.8) is 0 Å². The summed E-state index contributed by atoms with van der Waals surface area (Å²) >= 11 is 0. The Balaban J connectivity index is 2.45. The number of rotatable bonds is 5. The number of carbonyl (C=O) groups is 1. The van der Waals surface area contributed by atoms with Crippen LogP contribution in [0.25, 0.3) is 0 Å². The second-order valence-corrected chi connectivity index (χ2v) is 4.03. The summed E-state index contributed by atoms with van der Waals surface area (Å²) in [5.41, 5.74) is 0.201. The van der Waals surface area contributed by atoms with Gasteiger partial charge in [-0.25, -0.2) is 8.78 Å². The maximum atomic E-state index is 13.0. The van der Waals surface area contributed by atoms with Crippen LogP contribution >= 0.6 is 0 Å². The summed E-state index contributed by atoms with van der Waals surface area (Å²) in [6, 6.07) is 3.18. The van der Waals surface area contributed by atoms with Crippen molar-refractivity contribution >= 4 is 17.6 Å². The molecule has 0 aliphatic rings. The van der Waals surface area contributed by atoms with E-state index >= 15 is 0 Å². The smallest absolute Gasteiger partial charge is 0.243 e. The molecule has 0 bridgehead atoms. The number of aliphatic imine (C=N–C) groups is 1. The van der Waals surface area contributed by atoms with Gasteiger partial charge in [0, 0.05) is 25.3 Å². The van der Waals surface area contributed by atoms with Crippen LogP contribution in [0.2, 0.25) is 0 Å². The third-order valence-electron chi connectivity index (χ3n) is 2.39. The molecule has 0 saturated carbocycles. The van der Waals surface area contributed by atoms with Crippen LogP contribution in [-0.4, -0.2) is 32.0 Å². The number of hydrogen-bond acceptors (Lipinski definition) is 2. The van der Waals surface area contributed by atoms with E-state index in [1.807, 2.05) is 6.92 Å². The van der Waals surface area contributed by atoms with E-state index in [1.54, 1.807) is 7.05 Å². The first-order valence-electron chi connectivity index (χ1n) is 6.26. The van der Waals surface area contributed by atoms with E-state index in [2.05, 4.69) is 20.9 Å². The Labute approximate surface area is 116 Å². The van der Waals surface area contributed by atoms with Gasteiger partial charge < -0.3 is 16.0 Å². The van der Waals surface area contributed by atoms with Crippen LogP contribution in [-0.2, 0) is 4.79 Å². The Morgan fingerprint density at radius 3 is 2.60 bits per heavy atom. The summed E-state index contributed by atoms with van der Waals surface area (Å²) in [5, 5.41) is 8.27. The van der Waals surface area contributed by atoms with Gasteiger partial charge in [-0.15, -0.1) is 0 Å². The van der Waals surface area contributed by atoms with Crippen LogP contribution in [0, 0.1) is 11.6 Å². The van der Waals surface area contributed by atoms with Gasteiger partial charge >= 0.3 is 0 Å². The molecule has 1 aromatic rings. The van der Waals surface area contributed by atoms with Gasteiger partial charge in [-0.05, 0) is 18.6 Å². The number of guanidine groups is 1. The molecule has 20 heavy (non-hydrogen) atoms. The lowest BCUT2D eigenvalue weighted by atomic mass is 10.3. The maximum Gasteiger partial charge on any atom is 0.243 e. The van der Waals surface area contributed by atoms with Crippen LogP contribution < -0.4 is 16.0 Å². The van der Waals surface area contributed by atoms with Gasteiger partial charge in [-0.2, -0.15) is 0 Å². The number of halogens is 2. The molecule has 0 saturated heterocycles. The van der Waals surface area contributed by atoms with E-state index in [9.17, 15) is 13.6 Å². The van der Waals surface area contributed by atoms with Crippen molar-refractivity contribution in [1.82, 2.24) is 10.6 Å². The number of nitrogens with one attached hydrogen (secondary N) is 3. The van der Waals surface area contributed by atoms with Gasteiger partial charge in [-0.1, -0.05) is 6.92 Å². The van der Waals surface area contributed by atoms with Crippen molar-refractivity contribution in [2.75, 3.05) is 25.5 Å². The molecule has 110 valence electrons. The van der Waals surface area contributed by atoms with Crippen LogP contribution in [0.3, 0.4) is 0 Å². The second kappa shape index (κ2) is 8.08. The number of amides is 1. The van der Waals surface area contributed by atoms with E-state index in [0.717, 1.165) is 25.1 Å². The molecule has 0 unspecified atom stereocenters. The highest BCUT2D eigenvalue weighted by atomic mass is 19.2. The molecule has 1 aromatic carbocycles. The first kappa shape index (κ1) is 15.9. The summed E-state index contributed by atoms with van der Waals surface area (Å²) in [5.74, 6) is -1.83. The Kier molecular flexibility index (Phi) is 6.42. The molecule has 3 N–H and O–H groups in total. The highest BCUT2D eigenvalue weighted by Crippen LogP contribution is 2.12. The Bertz CT molecular complexity index is 491. The molecule has 1 rings (SSSR count). The first-order chi connectivity index (χ1) is 9.56. The lowest BCUT2D eigenvalue weighted by molar-refractivity contribution is -0.115. The van der Waals surface area contributed by atoms with E-state index in [4.69, 9.17) is 0 Å². The predicted octanol–water partition coefficient (Wildman–Crippen LogP) is 1.48. The SMILES string of the molecule is CCCNC(=NC)NCC(=O)Nc1ccc(F)c(F)c1. The molecule has 0 fully saturated rings. The fraction of sp³-hybridized carbons (Fsp3) is 0.385. The van der Waals surface area contributed by atoms with Gasteiger partial charge in [0.25, 0.3) is 0 Å². The van der Waals surface area contributed by atoms with Crippen molar-refractivity contribution in [3.05, 3.63) is 29.8 Å². The molecular weight excluding hydrogens is 266 g/mol. The van der Waals surface area contributed by atoms with E-state index in [-0.39, 0.29) is 18.1 Å². The standard InChI is InChI=1S/C13H18F2N4O/c1-3-6-17-13(16-2)18-8-12(20)19-9-4-5-10(14)11(15)7-9/h4-5,7H,3,6,8H2,1-2H3,(H,19,20)(H2,16,17,18). The minimum absolute atomic E-state index is 0.0254. The average Bonchev–Trinajstić information content (AvgIpc) is 2.43. The second-order valence-electron chi connectivity index (χ2n) is 4.03. The normalized spacial score (nSPS) is 11.1. The summed E-state index contributed by atoms with van der Waals surface area (Å²) in [4.78, 5) is 15.6. The summed E-state index contributed by atoms with van der Waals surface area (Å²) in [6.45, 7) is 2.73. The number of benzene rings is 1. The first-order valence-corrected chi connectivity index (χ1v) is 6.26. The molecule has 1 amide bonds. The summed E-state index contributed by atoms with van der Waals surface area (Å²) < 4.78 is 25.7. The third kappa shape index (κ3) is 5.21. The fourth-order valence-electron chi connectivity index (χ4n) is 1.41. The third-order valence-corrected chi connectivity index (χ3v) is 2.39. The van der Waals surface area contributed by atoms with Crippen LogP contribution in [0.1, 0.15) is 13.3 Å². The quantitative estimate of drug-likeness (QED) is 0.567. The van der Waals surface area contributed by atoms with Crippen LogP contribution in [0.5, 0.6) is 0 Å². The monoisotopic (exact) mass is 284 g/mol. The number of nitrogens with zero attached hydrogens (tertiary/aromatic N) is 1. The molecular formula is C13H18F2N4O. The minimum Gasteiger partial charge on any atom is -0.356 e. The van der Waals surface area contributed by atoms with Gasteiger partial charge in [-0.3, -0.25) is 9.79 Å². The molecule has 0 heterocycles. The average molecular weight is 284 g/mol. The number of anilines is 1. The number of carbonyl (C=O) groups excluding carboxylic acids is 1. The lowest BCUT2D eigenvalue weighted by Gasteiger charge is -2.11. The fourth-order valence-corrected chi connectivity index (χ4v) is 1.41. The predicted molar refractivity (Wildman–Crippen MR) is 74.6 cm³/mol. The molecule has 0 radical (unpaired) electrons. The lowest BCUT2D eigenvalue weighted by Crippen LogP contribution is -2.41. The van der Waals surface area contributed by atoms with E-state index in [0.29, 0.717) is 5.96 Å². The number of hydrogen-bond donors (Lipinski definition) is 3. The zero-order valence-electron chi connectivity index (χ0n) is 11.5. The molecule has 0 aliphatic carbocycles. The molecule has 5 nitrogen and oxygen atoms in total. The zero-order chi connectivity index (χ0) is 15.0. The van der Waals surface area contributed by atoms with Gasteiger partial charge in [0.15, 0.2) is 17.6 Å². The Morgan fingerprint density at radius 2 is 2.00 bits per heavy atom. The van der Waals surface area contributed by atoms with Crippen molar-refractivity contribution < 1.29 is 13.6 Å². The zero-order valence-corrected chi connectivity index (χ0v) is 11.5. The van der Waals surface area contributed by atoms with E-state index < -0.39 is 11.6 Å². The highest BCUT2D eigenvalue weighted by Gasteiger charge is 2.06. The molecule has 0 aliphatic heterocycles. The molecule has 7 heteroatoms. The van der Waals surface area contributed by atoms with Crippen molar-refractivity contribution in [1.29, 1.82) is 0 Å². The van der Waals surface area contributed by atoms with Crippen molar-refractivity contribution in [2.24, 2.45) is 4.99 Å². The Hall–Kier alpha value is -2.18. The van der Waals surface area contributed by atoms with Crippen molar-refractivity contribution in [3.8, 4) is 0 Å². The van der Waals surface area contributed by atoms with Crippen molar-refractivity contribution in [2.45, 2.75) is 13.3 Å². The largest absolute Gasteiger partial charge is 0.356 e. The summed E-state index contributed by atoms with van der Waals surface area (Å²) in [7, 11) is 1.60. The topological polar surface area (TPSA) is 65.5 Å². The molecule has 0 spiro atoms. The molecule has 0 aromatic heterocycles. The Morgan fingerprint density at radius 1 is 1.25 bits per heavy atom. The van der Waals surface area contributed by atoms with Crippen LogP contribution in [0.15, 0.2) is 23.2 Å². The van der Waals surface area contributed by atoms with Crippen LogP contribution in [0.4, 0.5) is 14.5 Å².